The number of aromatic nitrogens is 1. The van der Waals surface area contributed by atoms with Gasteiger partial charge in [0.25, 0.3) is 10.0 Å². The number of benzene rings is 2. The van der Waals surface area contributed by atoms with Gasteiger partial charge in [-0.25, -0.2) is 13.2 Å². The van der Waals surface area contributed by atoms with Gasteiger partial charge < -0.3 is 5.11 Å². The second-order valence-electron chi connectivity index (χ2n) is 6.33. The van der Waals surface area contributed by atoms with Gasteiger partial charge in [-0.2, -0.15) is 13.2 Å². The minimum absolute atomic E-state index is 0.122. The molecule has 162 valence electrons. The molecule has 0 bridgehead atoms. The van der Waals surface area contributed by atoms with E-state index < -0.39 is 32.8 Å². The van der Waals surface area contributed by atoms with Crippen LogP contribution < -0.4 is 4.31 Å². The highest BCUT2D eigenvalue weighted by atomic mass is 35.5. The number of alkyl halides is 3. The average molecular weight is 471 g/mol. The molecule has 0 aliphatic heterocycles. The molecular weight excluding hydrogens is 457 g/mol. The van der Waals surface area contributed by atoms with Gasteiger partial charge in [0.05, 0.1) is 39.0 Å². The van der Waals surface area contributed by atoms with Crippen molar-refractivity contribution in [1.82, 2.24) is 4.98 Å². The van der Waals surface area contributed by atoms with Crippen LogP contribution in [0.5, 0.6) is 0 Å². The second kappa shape index (κ2) is 8.56. The van der Waals surface area contributed by atoms with Crippen LogP contribution in [-0.4, -0.2) is 24.5 Å². The van der Waals surface area contributed by atoms with Crippen LogP contribution in [0.25, 0.3) is 0 Å². The van der Waals surface area contributed by atoms with Crippen LogP contribution in [0.2, 0.25) is 5.02 Å². The maximum absolute atomic E-state index is 13.3. The van der Waals surface area contributed by atoms with Crippen LogP contribution >= 0.6 is 11.6 Å². The third-order valence-electron chi connectivity index (χ3n) is 4.26. The van der Waals surface area contributed by atoms with E-state index in [0.29, 0.717) is 11.8 Å². The van der Waals surface area contributed by atoms with Crippen LogP contribution in [0, 0.1) is 0 Å². The summed E-state index contributed by atoms with van der Waals surface area (Å²) in [6.45, 7) is -0.311. The summed E-state index contributed by atoms with van der Waals surface area (Å²) in [6.07, 6.45) is -3.21. The number of halogens is 4. The summed E-state index contributed by atoms with van der Waals surface area (Å²) < 4.78 is 66.5. The van der Waals surface area contributed by atoms with Gasteiger partial charge in [-0.1, -0.05) is 17.7 Å². The van der Waals surface area contributed by atoms with E-state index in [4.69, 9.17) is 16.7 Å². The minimum Gasteiger partial charge on any atom is -0.478 e. The Labute approximate surface area is 180 Å². The molecule has 3 aromatic rings. The number of carbonyl (C=O) groups is 1. The molecule has 3 rings (SSSR count). The van der Waals surface area contributed by atoms with Gasteiger partial charge >= 0.3 is 12.1 Å². The van der Waals surface area contributed by atoms with Crippen molar-refractivity contribution in [2.75, 3.05) is 4.31 Å². The number of hydrogen-bond acceptors (Lipinski definition) is 4. The zero-order valence-electron chi connectivity index (χ0n) is 15.5. The summed E-state index contributed by atoms with van der Waals surface area (Å²) in [5.41, 5.74) is -1.00. The summed E-state index contributed by atoms with van der Waals surface area (Å²) >= 11 is 6.05. The topological polar surface area (TPSA) is 87.6 Å². The highest BCUT2D eigenvalue weighted by molar-refractivity contribution is 7.92. The van der Waals surface area contributed by atoms with Crippen molar-refractivity contribution in [1.29, 1.82) is 0 Å². The molecular formula is C20H14ClF3N2O4S. The summed E-state index contributed by atoms with van der Waals surface area (Å²) in [5, 5.41) is 8.59. The molecule has 0 saturated carbocycles. The average Bonchev–Trinajstić information content (AvgIpc) is 2.72. The predicted octanol–water partition coefficient (Wildman–Crippen LogP) is 4.85. The third-order valence-corrected chi connectivity index (χ3v) is 6.34. The number of anilines is 1. The summed E-state index contributed by atoms with van der Waals surface area (Å²) in [7, 11) is -4.33. The summed E-state index contributed by atoms with van der Waals surface area (Å²) in [5.74, 6) is -1.24. The fourth-order valence-electron chi connectivity index (χ4n) is 2.72. The van der Waals surface area contributed by atoms with Crippen molar-refractivity contribution in [3.05, 3.63) is 88.7 Å². The Morgan fingerprint density at radius 3 is 2.26 bits per heavy atom. The quantitative estimate of drug-likeness (QED) is 0.556. The zero-order valence-corrected chi connectivity index (χ0v) is 17.1. The van der Waals surface area contributed by atoms with Crippen LogP contribution in [0.4, 0.5) is 18.9 Å². The summed E-state index contributed by atoms with van der Waals surface area (Å²) in [6, 6.07) is 11.6. The molecule has 6 nitrogen and oxygen atoms in total. The molecule has 11 heteroatoms. The third kappa shape index (κ3) is 4.97. The van der Waals surface area contributed by atoms with Crippen LogP contribution in [0.3, 0.4) is 0 Å². The second-order valence-corrected chi connectivity index (χ2v) is 8.60. The number of aromatic carboxylic acids is 1. The van der Waals surface area contributed by atoms with E-state index >= 15 is 0 Å². The summed E-state index contributed by atoms with van der Waals surface area (Å²) in [4.78, 5) is 14.8. The standard InChI is InChI=1S/C20H14ClF3N2O4S/c21-17-11-14(20(22,23)24)6-9-18(17)26(12-15-3-1-2-10-25-15)31(29,30)16-7-4-13(5-8-16)19(27)28/h1-11H,12H2,(H,27,28). The van der Waals surface area contributed by atoms with E-state index in [1.807, 2.05) is 0 Å². The smallest absolute Gasteiger partial charge is 0.416 e. The molecule has 1 N–H and O–H groups in total. The van der Waals surface area contributed by atoms with Crippen molar-refractivity contribution in [3.63, 3.8) is 0 Å². The van der Waals surface area contributed by atoms with Gasteiger partial charge in [-0.3, -0.25) is 9.29 Å². The van der Waals surface area contributed by atoms with Crippen molar-refractivity contribution < 1.29 is 31.5 Å². The molecule has 0 aliphatic carbocycles. The number of rotatable bonds is 6. The minimum atomic E-state index is -4.65. The molecule has 0 atom stereocenters. The van der Waals surface area contributed by atoms with Crippen molar-refractivity contribution in [3.8, 4) is 0 Å². The van der Waals surface area contributed by atoms with E-state index in [2.05, 4.69) is 4.98 Å². The van der Waals surface area contributed by atoms with Crippen LogP contribution in [0.1, 0.15) is 21.6 Å². The van der Waals surface area contributed by atoms with E-state index in [1.54, 1.807) is 18.2 Å². The van der Waals surface area contributed by atoms with E-state index in [1.165, 1.54) is 6.20 Å². The first-order chi connectivity index (χ1) is 14.5. The van der Waals surface area contributed by atoms with Gasteiger partial charge in [-0.05, 0) is 54.6 Å². The van der Waals surface area contributed by atoms with Crippen molar-refractivity contribution >= 4 is 33.3 Å². The van der Waals surface area contributed by atoms with Gasteiger partial charge in [0.15, 0.2) is 0 Å². The Morgan fingerprint density at radius 2 is 1.74 bits per heavy atom. The van der Waals surface area contributed by atoms with E-state index in [0.717, 1.165) is 40.7 Å². The molecule has 0 saturated heterocycles. The Morgan fingerprint density at radius 1 is 1.06 bits per heavy atom. The fourth-order valence-corrected chi connectivity index (χ4v) is 4.51. The monoisotopic (exact) mass is 470 g/mol. The van der Waals surface area contributed by atoms with Gasteiger partial charge in [0, 0.05) is 6.20 Å². The highest BCUT2D eigenvalue weighted by Crippen LogP contribution is 2.37. The van der Waals surface area contributed by atoms with Gasteiger partial charge in [0.2, 0.25) is 0 Å². The maximum Gasteiger partial charge on any atom is 0.416 e. The molecule has 0 spiro atoms. The molecule has 0 aliphatic rings. The molecule has 0 radical (unpaired) electrons. The molecule has 0 amide bonds. The number of sulfonamides is 1. The number of hydrogen-bond donors (Lipinski definition) is 1. The Balaban J connectivity index is 2.11. The lowest BCUT2D eigenvalue weighted by molar-refractivity contribution is -0.137. The Hall–Kier alpha value is -3.11. The van der Waals surface area contributed by atoms with Crippen LogP contribution in [0.15, 0.2) is 71.8 Å². The Kier molecular flexibility index (Phi) is 6.23. The number of nitrogens with zero attached hydrogens (tertiary/aromatic N) is 2. The lowest BCUT2D eigenvalue weighted by Gasteiger charge is -2.25. The predicted molar refractivity (Wildman–Crippen MR) is 107 cm³/mol. The van der Waals surface area contributed by atoms with Crippen LogP contribution in [-0.2, 0) is 22.7 Å². The van der Waals surface area contributed by atoms with E-state index in [-0.39, 0.29) is 22.7 Å². The molecule has 31 heavy (non-hydrogen) atoms. The van der Waals surface area contributed by atoms with Crippen molar-refractivity contribution in [2.45, 2.75) is 17.6 Å². The fraction of sp³-hybridized carbons (Fsp3) is 0.100. The molecule has 1 aromatic heterocycles. The first-order valence-electron chi connectivity index (χ1n) is 8.63. The van der Waals surface area contributed by atoms with E-state index in [9.17, 15) is 26.4 Å². The highest BCUT2D eigenvalue weighted by Gasteiger charge is 2.33. The van der Waals surface area contributed by atoms with Gasteiger partial charge in [-0.15, -0.1) is 0 Å². The number of carboxylic acids is 1. The molecule has 2 aromatic carbocycles. The first kappa shape index (κ1) is 22.6. The first-order valence-corrected chi connectivity index (χ1v) is 10.4. The lowest BCUT2D eigenvalue weighted by Crippen LogP contribution is -2.31. The molecule has 0 unspecified atom stereocenters. The zero-order chi connectivity index (χ0) is 22.8. The molecule has 1 heterocycles. The number of carboxylic acid groups (broad SMARTS) is 1. The van der Waals surface area contributed by atoms with Crippen molar-refractivity contribution in [2.24, 2.45) is 0 Å². The Bertz CT molecular complexity index is 1200. The lowest BCUT2D eigenvalue weighted by atomic mass is 10.2. The molecule has 0 fully saturated rings. The maximum atomic E-state index is 13.3. The number of pyridine rings is 1. The SMILES string of the molecule is O=C(O)c1ccc(S(=O)(=O)N(Cc2ccccn2)c2ccc(C(F)(F)F)cc2Cl)cc1. The van der Waals surface area contributed by atoms with Gasteiger partial charge in [0.1, 0.15) is 0 Å². The normalized spacial score (nSPS) is 11.9. The largest absolute Gasteiger partial charge is 0.478 e.